The second kappa shape index (κ2) is 7.21. The van der Waals surface area contributed by atoms with Crippen molar-refractivity contribution < 1.29 is 18.3 Å². The van der Waals surface area contributed by atoms with E-state index in [0.29, 0.717) is 23.3 Å². The molecule has 0 radical (unpaired) electrons. The maximum Gasteiger partial charge on any atom is 0.378 e. The zero-order chi connectivity index (χ0) is 19.8. The van der Waals surface area contributed by atoms with Crippen LogP contribution in [0.5, 0.6) is 0 Å². The molecule has 8 nitrogen and oxygen atoms in total. The molecule has 0 N–H and O–H groups in total. The lowest BCUT2D eigenvalue weighted by molar-refractivity contribution is 0.0422. The fourth-order valence-electron chi connectivity index (χ4n) is 2.76. The summed E-state index contributed by atoms with van der Waals surface area (Å²) in [4.78, 5) is 17.6. The van der Waals surface area contributed by atoms with E-state index in [-0.39, 0.29) is 18.3 Å². The van der Waals surface area contributed by atoms with Crippen LogP contribution in [0.4, 0.5) is 4.39 Å². The van der Waals surface area contributed by atoms with E-state index in [2.05, 4.69) is 20.3 Å². The summed E-state index contributed by atoms with van der Waals surface area (Å²) in [6.07, 6.45) is 2.07. The normalized spacial score (nSPS) is 13.6. The highest BCUT2D eigenvalue weighted by Gasteiger charge is 2.29. The van der Waals surface area contributed by atoms with Crippen LogP contribution in [0.3, 0.4) is 0 Å². The zero-order valence-corrected chi connectivity index (χ0v) is 15.8. The Bertz CT molecular complexity index is 1170. The zero-order valence-electron chi connectivity index (χ0n) is 15.0. The van der Waals surface area contributed by atoms with Crippen molar-refractivity contribution in [3.8, 4) is 16.4 Å². The van der Waals surface area contributed by atoms with Crippen molar-refractivity contribution in [3.63, 3.8) is 0 Å². The number of thiophene rings is 1. The minimum absolute atomic E-state index is 0.139. The fourth-order valence-corrected chi connectivity index (χ4v) is 3.46. The van der Waals surface area contributed by atoms with Crippen LogP contribution >= 0.6 is 11.3 Å². The summed E-state index contributed by atoms with van der Waals surface area (Å²) in [5.74, 6) is 0.258. The smallest absolute Gasteiger partial charge is 0.378 e. The van der Waals surface area contributed by atoms with Crippen LogP contribution in [0.25, 0.3) is 16.4 Å². The van der Waals surface area contributed by atoms with Gasteiger partial charge in [0.1, 0.15) is 5.82 Å². The number of hydrogen-bond acceptors (Lipinski definition) is 8. The minimum atomic E-state index is -0.732. The molecule has 29 heavy (non-hydrogen) atoms. The lowest BCUT2D eigenvalue weighted by atomic mass is 10.3. The van der Waals surface area contributed by atoms with Gasteiger partial charge in [0, 0.05) is 5.92 Å². The number of carbonyl (C=O) groups excluding carboxylic acids is 1. The molecule has 0 amide bonds. The number of aromatic nitrogens is 5. The highest BCUT2D eigenvalue weighted by Crippen LogP contribution is 2.39. The summed E-state index contributed by atoms with van der Waals surface area (Å²) >= 11 is 1.43. The Morgan fingerprint density at radius 3 is 2.93 bits per heavy atom. The first-order valence-corrected chi connectivity index (χ1v) is 9.81. The molecular weight excluding hydrogens is 397 g/mol. The molecule has 0 atom stereocenters. The Hall–Kier alpha value is -3.40. The first-order valence-electron chi connectivity index (χ1n) is 8.93. The molecule has 10 heteroatoms. The SMILES string of the molecule is O=C(OCc1nnc(C2CC2)o1)c1nc(-c2cccs2)n(-c2cccc(F)c2)n1. The van der Waals surface area contributed by atoms with Crippen molar-refractivity contribution in [1.29, 1.82) is 0 Å². The predicted molar refractivity (Wildman–Crippen MR) is 100 cm³/mol. The van der Waals surface area contributed by atoms with Crippen LogP contribution < -0.4 is 0 Å². The number of esters is 1. The molecule has 1 aliphatic rings. The van der Waals surface area contributed by atoms with Gasteiger partial charge >= 0.3 is 5.97 Å². The van der Waals surface area contributed by atoms with Crippen molar-refractivity contribution in [2.24, 2.45) is 0 Å². The largest absolute Gasteiger partial charge is 0.450 e. The number of halogens is 1. The van der Waals surface area contributed by atoms with Gasteiger partial charge in [0.25, 0.3) is 11.7 Å². The number of hydrogen-bond donors (Lipinski definition) is 0. The number of ether oxygens (including phenoxy) is 1. The second-order valence-electron chi connectivity index (χ2n) is 6.51. The Kier molecular flexibility index (Phi) is 4.39. The van der Waals surface area contributed by atoms with Crippen molar-refractivity contribution in [2.75, 3.05) is 0 Å². The van der Waals surface area contributed by atoms with Crippen LogP contribution in [0, 0.1) is 5.82 Å². The minimum Gasteiger partial charge on any atom is -0.450 e. The van der Waals surface area contributed by atoms with E-state index in [0.717, 1.165) is 17.7 Å². The second-order valence-corrected chi connectivity index (χ2v) is 7.46. The monoisotopic (exact) mass is 411 g/mol. The molecule has 0 bridgehead atoms. The van der Waals surface area contributed by atoms with Crippen molar-refractivity contribution >= 4 is 17.3 Å². The number of benzene rings is 1. The van der Waals surface area contributed by atoms with Gasteiger partial charge in [-0.2, -0.15) is 4.98 Å². The maximum atomic E-state index is 13.7. The van der Waals surface area contributed by atoms with E-state index < -0.39 is 11.8 Å². The summed E-state index contributed by atoms with van der Waals surface area (Å²) in [5, 5.41) is 14.0. The number of carbonyl (C=O) groups is 1. The van der Waals surface area contributed by atoms with E-state index in [4.69, 9.17) is 9.15 Å². The molecule has 146 valence electrons. The molecule has 1 saturated carbocycles. The van der Waals surface area contributed by atoms with Gasteiger partial charge in [0.2, 0.25) is 5.89 Å². The van der Waals surface area contributed by atoms with Gasteiger partial charge in [-0.1, -0.05) is 12.1 Å². The quantitative estimate of drug-likeness (QED) is 0.446. The van der Waals surface area contributed by atoms with Gasteiger partial charge in [-0.15, -0.1) is 26.6 Å². The van der Waals surface area contributed by atoms with Gasteiger partial charge in [-0.25, -0.2) is 13.9 Å². The molecule has 4 aromatic rings. The molecule has 0 saturated heterocycles. The van der Waals surface area contributed by atoms with Crippen LogP contribution in [-0.2, 0) is 11.3 Å². The topological polar surface area (TPSA) is 95.9 Å². The van der Waals surface area contributed by atoms with E-state index in [1.165, 1.54) is 28.2 Å². The Morgan fingerprint density at radius 1 is 1.28 bits per heavy atom. The van der Waals surface area contributed by atoms with E-state index in [9.17, 15) is 9.18 Å². The van der Waals surface area contributed by atoms with Gasteiger partial charge in [-0.3, -0.25) is 0 Å². The van der Waals surface area contributed by atoms with Gasteiger partial charge in [0.05, 0.1) is 10.6 Å². The van der Waals surface area contributed by atoms with Gasteiger partial charge in [-0.05, 0) is 42.5 Å². The van der Waals surface area contributed by atoms with Crippen molar-refractivity contribution in [1.82, 2.24) is 25.0 Å². The lowest BCUT2D eigenvalue weighted by Gasteiger charge is -2.04. The predicted octanol–water partition coefficient (Wildman–Crippen LogP) is 3.75. The third kappa shape index (κ3) is 3.66. The Balaban J connectivity index is 1.40. The standard InChI is InChI=1S/C19H14FN5O3S/c20-12-3-1-4-13(9-12)25-17(14-5-2-8-29-14)21-16(24-25)19(26)27-10-15-22-23-18(28-15)11-6-7-11/h1-5,8-9,11H,6-7,10H2. The fraction of sp³-hybridized carbons (Fsp3) is 0.211. The molecule has 0 spiro atoms. The first kappa shape index (κ1) is 17.7. The highest BCUT2D eigenvalue weighted by molar-refractivity contribution is 7.13. The summed E-state index contributed by atoms with van der Waals surface area (Å²) in [7, 11) is 0. The van der Waals surface area contributed by atoms with Gasteiger partial charge < -0.3 is 9.15 Å². The lowest BCUT2D eigenvalue weighted by Crippen LogP contribution is -2.08. The number of nitrogens with zero attached hydrogens (tertiary/aromatic N) is 5. The average Bonchev–Trinajstić information content (AvgIpc) is 3.16. The average molecular weight is 411 g/mol. The van der Waals surface area contributed by atoms with Crippen LogP contribution in [0.1, 0.15) is 41.2 Å². The number of rotatable bonds is 6. The Morgan fingerprint density at radius 2 is 2.17 bits per heavy atom. The van der Waals surface area contributed by atoms with E-state index >= 15 is 0 Å². The summed E-state index contributed by atoms with van der Waals surface area (Å²) in [6, 6.07) is 9.60. The van der Waals surface area contributed by atoms with Crippen LogP contribution in [0.2, 0.25) is 0 Å². The molecule has 1 aliphatic carbocycles. The highest BCUT2D eigenvalue weighted by atomic mass is 32.1. The summed E-state index contributed by atoms with van der Waals surface area (Å²) < 4.78 is 25.8. The summed E-state index contributed by atoms with van der Waals surface area (Å²) in [5.41, 5.74) is 0.450. The third-order valence-electron chi connectivity index (χ3n) is 4.32. The molecule has 1 fully saturated rings. The molecule has 5 rings (SSSR count). The van der Waals surface area contributed by atoms with Crippen molar-refractivity contribution in [3.05, 3.63) is 65.2 Å². The molecule has 3 aromatic heterocycles. The van der Waals surface area contributed by atoms with Crippen LogP contribution in [-0.4, -0.2) is 30.9 Å². The van der Waals surface area contributed by atoms with E-state index in [1.54, 1.807) is 12.1 Å². The van der Waals surface area contributed by atoms with Crippen molar-refractivity contribution in [2.45, 2.75) is 25.4 Å². The van der Waals surface area contributed by atoms with Crippen LogP contribution in [0.15, 0.2) is 46.2 Å². The molecule has 3 heterocycles. The van der Waals surface area contributed by atoms with E-state index in [1.807, 2.05) is 17.5 Å². The molecule has 1 aromatic carbocycles. The summed E-state index contributed by atoms with van der Waals surface area (Å²) in [6.45, 7) is -0.165. The third-order valence-corrected chi connectivity index (χ3v) is 5.19. The Labute approximate surface area is 168 Å². The molecule has 0 aliphatic heterocycles. The first-order chi connectivity index (χ1) is 14.2. The van der Waals surface area contributed by atoms with Gasteiger partial charge in [0.15, 0.2) is 12.4 Å². The molecule has 0 unspecified atom stereocenters. The maximum absolute atomic E-state index is 13.7. The molecular formula is C19H14FN5O3S.